The highest BCUT2D eigenvalue weighted by Crippen LogP contribution is 2.06. The van der Waals surface area contributed by atoms with Gasteiger partial charge in [-0.2, -0.15) is 0 Å². The summed E-state index contributed by atoms with van der Waals surface area (Å²) in [6, 6.07) is 6.23. The van der Waals surface area contributed by atoms with Gasteiger partial charge in [-0.25, -0.2) is 4.39 Å². The lowest BCUT2D eigenvalue weighted by atomic mass is 10.1. The molecule has 0 saturated heterocycles. The van der Waals surface area contributed by atoms with Crippen LogP contribution in [-0.2, 0) is 6.42 Å². The standard InChI is InChI=1S/C10H12FNO2/c11-10-6-4-9(5-7-10)3-1-2-8-12(13)14/h4-7H,1-3,8H2. The van der Waals surface area contributed by atoms with Crippen LogP contribution in [0.2, 0.25) is 0 Å². The second kappa shape index (κ2) is 5.32. The molecule has 0 unspecified atom stereocenters. The van der Waals surface area contributed by atoms with E-state index in [9.17, 15) is 14.5 Å². The van der Waals surface area contributed by atoms with Gasteiger partial charge in [0.05, 0.1) is 0 Å². The first-order valence-electron chi connectivity index (χ1n) is 4.55. The van der Waals surface area contributed by atoms with Crippen LogP contribution in [0.4, 0.5) is 4.39 Å². The van der Waals surface area contributed by atoms with E-state index in [2.05, 4.69) is 0 Å². The van der Waals surface area contributed by atoms with Crippen molar-refractivity contribution in [3.8, 4) is 0 Å². The van der Waals surface area contributed by atoms with Gasteiger partial charge in [0.1, 0.15) is 5.82 Å². The van der Waals surface area contributed by atoms with Crippen LogP contribution in [0.1, 0.15) is 18.4 Å². The summed E-state index contributed by atoms with van der Waals surface area (Å²) < 4.78 is 12.5. The first-order chi connectivity index (χ1) is 6.68. The number of benzene rings is 1. The Labute approximate surface area is 81.7 Å². The van der Waals surface area contributed by atoms with Gasteiger partial charge in [0.2, 0.25) is 6.54 Å². The highest BCUT2D eigenvalue weighted by Gasteiger charge is 1.98. The fourth-order valence-electron chi connectivity index (χ4n) is 1.22. The van der Waals surface area contributed by atoms with Crippen molar-refractivity contribution in [3.63, 3.8) is 0 Å². The molecule has 1 aromatic rings. The van der Waals surface area contributed by atoms with Gasteiger partial charge in [-0.15, -0.1) is 0 Å². The van der Waals surface area contributed by atoms with Crippen molar-refractivity contribution in [2.24, 2.45) is 0 Å². The van der Waals surface area contributed by atoms with E-state index in [4.69, 9.17) is 0 Å². The Kier molecular flexibility index (Phi) is 4.04. The molecule has 0 saturated carbocycles. The molecule has 0 aliphatic rings. The molecule has 0 radical (unpaired) electrons. The van der Waals surface area contributed by atoms with E-state index in [0.717, 1.165) is 18.4 Å². The molecule has 0 fully saturated rings. The molecule has 0 spiro atoms. The Bertz CT molecular complexity index is 297. The number of nitro groups is 1. The largest absolute Gasteiger partial charge is 0.265 e. The maximum atomic E-state index is 12.5. The lowest BCUT2D eigenvalue weighted by Crippen LogP contribution is -2.00. The second-order valence-electron chi connectivity index (χ2n) is 3.14. The third-order valence-corrected chi connectivity index (χ3v) is 1.97. The van der Waals surface area contributed by atoms with Gasteiger partial charge in [0.25, 0.3) is 0 Å². The molecule has 0 amide bonds. The van der Waals surface area contributed by atoms with Crippen LogP contribution in [0.15, 0.2) is 24.3 Å². The number of hydrogen-bond acceptors (Lipinski definition) is 2. The fraction of sp³-hybridized carbons (Fsp3) is 0.400. The van der Waals surface area contributed by atoms with E-state index in [1.165, 1.54) is 12.1 Å². The minimum Gasteiger partial charge on any atom is -0.265 e. The van der Waals surface area contributed by atoms with E-state index in [0.29, 0.717) is 6.42 Å². The van der Waals surface area contributed by atoms with Gasteiger partial charge in [-0.1, -0.05) is 12.1 Å². The van der Waals surface area contributed by atoms with Crippen molar-refractivity contribution in [1.82, 2.24) is 0 Å². The number of nitrogens with zero attached hydrogens (tertiary/aromatic N) is 1. The zero-order valence-electron chi connectivity index (χ0n) is 7.78. The van der Waals surface area contributed by atoms with Crippen molar-refractivity contribution < 1.29 is 9.31 Å². The number of hydrogen-bond donors (Lipinski definition) is 0. The van der Waals surface area contributed by atoms with Crippen molar-refractivity contribution in [3.05, 3.63) is 45.8 Å². The molecular weight excluding hydrogens is 185 g/mol. The van der Waals surface area contributed by atoms with Crippen LogP contribution >= 0.6 is 0 Å². The summed E-state index contributed by atoms with van der Waals surface area (Å²) in [6.07, 6.45) is 2.12. The van der Waals surface area contributed by atoms with Gasteiger partial charge in [0.15, 0.2) is 0 Å². The summed E-state index contributed by atoms with van der Waals surface area (Å²) in [5.41, 5.74) is 1.02. The van der Waals surface area contributed by atoms with Gasteiger partial charge in [-0.3, -0.25) is 10.1 Å². The first kappa shape index (κ1) is 10.6. The van der Waals surface area contributed by atoms with E-state index >= 15 is 0 Å². The van der Waals surface area contributed by atoms with Crippen LogP contribution in [0.5, 0.6) is 0 Å². The Morgan fingerprint density at radius 3 is 2.43 bits per heavy atom. The lowest BCUT2D eigenvalue weighted by Gasteiger charge is -1.98. The van der Waals surface area contributed by atoms with Crippen LogP contribution in [0.3, 0.4) is 0 Å². The fourth-order valence-corrected chi connectivity index (χ4v) is 1.22. The summed E-state index contributed by atoms with van der Waals surface area (Å²) in [5, 5.41) is 10.0. The van der Waals surface area contributed by atoms with Crippen LogP contribution in [-0.4, -0.2) is 11.5 Å². The van der Waals surface area contributed by atoms with E-state index < -0.39 is 0 Å². The summed E-state index contributed by atoms with van der Waals surface area (Å²) >= 11 is 0. The molecule has 0 aliphatic carbocycles. The van der Waals surface area contributed by atoms with Gasteiger partial charge in [-0.05, 0) is 30.5 Å². The summed E-state index contributed by atoms with van der Waals surface area (Å²) in [4.78, 5) is 9.70. The van der Waals surface area contributed by atoms with Crippen LogP contribution < -0.4 is 0 Å². The topological polar surface area (TPSA) is 43.1 Å². The molecule has 0 atom stereocenters. The molecule has 0 heterocycles. The van der Waals surface area contributed by atoms with Crippen LogP contribution in [0, 0.1) is 15.9 Å². The zero-order valence-corrected chi connectivity index (χ0v) is 7.78. The molecule has 0 aromatic heterocycles. The molecule has 14 heavy (non-hydrogen) atoms. The van der Waals surface area contributed by atoms with Gasteiger partial charge < -0.3 is 0 Å². The van der Waals surface area contributed by atoms with E-state index in [1.54, 1.807) is 12.1 Å². The smallest absolute Gasteiger partial charge is 0.203 e. The Hall–Kier alpha value is -1.45. The van der Waals surface area contributed by atoms with Crippen molar-refractivity contribution in [2.45, 2.75) is 19.3 Å². The third-order valence-electron chi connectivity index (χ3n) is 1.97. The first-order valence-corrected chi connectivity index (χ1v) is 4.55. The van der Waals surface area contributed by atoms with Crippen molar-refractivity contribution in [1.29, 1.82) is 0 Å². The molecule has 76 valence electrons. The van der Waals surface area contributed by atoms with Crippen molar-refractivity contribution in [2.75, 3.05) is 6.54 Å². The predicted octanol–water partition coefficient (Wildman–Crippen LogP) is 2.43. The molecule has 3 nitrogen and oxygen atoms in total. The van der Waals surface area contributed by atoms with E-state index in [-0.39, 0.29) is 17.3 Å². The third kappa shape index (κ3) is 3.98. The summed E-state index contributed by atoms with van der Waals surface area (Å²) in [7, 11) is 0. The summed E-state index contributed by atoms with van der Waals surface area (Å²) in [5.74, 6) is -0.251. The molecule has 0 N–H and O–H groups in total. The molecule has 4 heteroatoms. The van der Waals surface area contributed by atoms with Crippen molar-refractivity contribution >= 4 is 0 Å². The lowest BCUT2D eigenvalue weighted by molar-refractivity contribution is -0.480. The number of halogens is 1. The minimum atomic E-state index is -0.315. The molecule has 1 aromatic carbocycles. The SMILES string of the molecule is O=[N+]([O-])CCCCc1ccc(F)cc1. The number of unbranched alkanes of at least 4 members (excludes halogenated alkanes) is 1. The number of rotatable bonds is 5. The Morgan fingerprint density at radius 1 is 1.21 bits per heavy atom. The predicted molar refractivity (Wildman–Crippen MR) is 51.2 cm³/mol. The normalized spacial score (nSPS) is 10.1. The Morgan fingerprint density at radius 2 is 1.86 bits per heavy atom. The monoisotopic (exact) mass is 197 g/mol. The van der Waals surface area contributed by atoms with E-state index in [1.807, 2.05) is 0 Å². The molecule has 0 aliphatic heterocycles. The maximum absolute atomic E-state index is 12.5. The highest BCUT2D eigenvalue weighted by molar-refractivity contribution is 5.15. The average Bonchev–Trinajstić information content (AvgIpc) is 2.15. The molecule has 0 bridgehead atoms. The minimum absolute atomic E-state index is 0.0151. The summed E-state index contributed by atoms with van der Waals surface area (Å²) in [6.45, 7) is 0.0151. The van der Waals surface area contributed by atoms with Gasteiger partial charge in [0, 0.05) is 11.3 Å². The maximum Gasteiger partial charge on any atom is 0.203 e. The quantitative estimate of drug-likeness (QED) is 0.413. The average molecular weight is 197 g/mol. The molecule has 1 rings (SSSR count). The second-order valence-corrected chi connectivity index (χ2v) is 3.14. The Balaban J connectivity index is 2.25. The highest BCUT2D eigenvalue weighted by atomic mass is 19.1. The number of aryl methyl sites for hydroxylation is 1. The zero-order chi connectivity index (χ0) is 10.4. The van der Waals surface area contributed by atoms with Gasteiger partial charge >= 0.3 is 0 Å². The molecular formula is C10H12FNO2. The van der Waals surface area contributed by atoms with Crippen LogP contribution in [0.25, 0.3) is 0 Å².